The third kappa shape index (κ3) is 6.23. The van der Waals surface area contributed by atoms with Gasteiger partial charge >= 0.3 is 5.97 Å². The van der Waals surface area contributed by atoms with E-state index in [2.05, 4.69) is 64.3 Å². The van der Waals surface area contributed by atoms with Gasteiger partial charge in [-0.05, 0) is 75.5 Å². The van der Waals surface area contributed by atoms with Crippen LogP contribution in [0.3, 0.4) is 0 Å². The van der Waals surface area contributed by atoms with Crippen LogP contribution in [-0.2, 0) is 16.4 Å². The van der Waals surface area contributed by atoms with E-state index in [-0.39, 0.29) is 22.2 Å². The molecule has 234 valence electrons. The van der Waals surface area contributed by atoms with Gasteiger partial charge < -0.3 is 15.3 Å². The van der Waals surface area contributed by atoms with Crippen LogP contribution < -0.4 is 20.5 Å². The lowest BCUT2D eigenvalue weighted by atomic mass is 9.89. The Morgan fingerprint density at radius 3 is 2.31 bits per heavy atom. The van der Waals surface area contributed by atoms with Gasteiger partial charge in [0, 0.05) is 44.0 Å². The van der Waals surface area contributed by atoms with Crippen LogP contribution in [-0.4, -0.2) is 78.5 Å². The average molecular weight is 662 g/mol. The molecule has 0 saturated heterocycles. The maximum absolute atomic E-state index is 13.3. The van der Waals surface area contributed by atoms with E-state index in [0.717, 1.165) is 45.0 Å². The second kappa shape index (κ2) is 12.0. The molecule has 0 bridgehead atoms. The van der Waals surface area contributed by atoms with Crippen molar-refractivity contribution in [2.45, 2.75) is 24.4 Å². The van der Waals surface area contributed by atoms with Gasteiger partial charge in [0.15, 0.2) is 5.71 Å². The fraction of sp³-hybridized carbons (Fsp3) is 0.242. The molecule has 0 spiro atoms. The fourth-order valence-electron chi connectivity index (χ4n) is 5.77. The van der Waals surface area contributed by atoms with Crippen molar-refractivity contribution < 1.29 is 27.7 Å². The second-order valence-electron chi connectivity index (χ2n) is 12.1. The smallest absolute Gasteiger partial charge is 0.346 e. The topological polar surface area (TPSA) is 133 Å². The zero-order chi connectivity index (χ0) is 32.8. The van der Waals surface area contributed by atoms with Gasteiger partial charge in [-0.3, -0.25) is 4.79 Å². The number of nitrogens with zero attached hydrogens (tertiary/aromatic N) is 2. The molecule has 2 aromatic carbocycles. The molecule has 0 unspecified atom stereocenters. The minimum Gasteiger partial charge on any atom is -0.477 e. The van der Waals surface area contributed by atoms with Gasteiger partial charge in [-0.2, -0.15) is 0 Å². The van der Waals surface area contributed by atoms with Gasteiger partial charge in [-0.25, -0.2) is 22.9 Å². The van der Waals surface area contributed by atoms with Crippen molar-refractivity contribution in [2.75, 3.05) is 39.6 Å². The van der Waals surface area contributed by atoms with Gasteiger partial charge in [0.1, 0.15) is 27.0 Å². The van der Waals surface area contributed by atoms with E-state index in [4.69, 9.17) is 5.14 Å². The SMILES string of the molecule is CN(C)c1ccc2c(c1)[Si](C)(C)C1=CC(=[N+](C)C)C=CC1=C2c1cc(C(=O)NCCc2ccc(S(N)(=O)=O)cc2)sc1C(=O)O. The van der Waals surface area contributed by atoms with Crippen LogP contribution in [0, 0.1) is 0 Å². The van der Waals surface area contributed by atoms with Crippen molar-refractivity contribution in [3.63, 3.8) is 0 Å². The normalized spacial score (nSPS) is 15.3. The number of fused-ring (bicyclic) bond motifs is 2. The number of hydrogen-bond donors (Lipinski definition) is 3. The third-order valence-electron chi connectivity index (χ3n) is 8.30. The Labute approximate surface area is 268 Å². The number of thiophene rings is 1. The van der Waals surface area contributed by atoms with E-state index in [1.165, 1.54) is 22.5 Å². The summed E-state index contributed by atoms with van der Waals surface area (Å²) in [6.45, 7) is 4.94. The highest BCUT2D eigenvalue weighted by atomic mass is 32.2. The third-order valence-corrected chi connectivity index (χ3v) is 13.9. The van der Waals surface area contributed by atoms with Crippen LogP contribution >= 0.6 is 11.3 Å². The van der Waals surface area contributed by atoms with E-state index in [9.17, 15) is 23.1 Å². The number of carboxylic acids is 1. The molecule has 1 aliphatic carbocycles. The first-order valence-electron chi connectivity index (χ1n) is 14.4. The summed E-state index contributed by atoms with van der Waals surface area (Å²) in [5.41, 5.74) is 6.32. The minimum absolute atomic E-state index is 0.0212. The van der Waals surface area contributed by atoms with E-state index < -0.39 is 24.1 Å². The van der Waals surface area contributed by atoms with E-state index in [1.54, 1.807) is 18.2 Å². The number of amides is 1. The van der Waals surface area contributed by atoms with E-state index in [0.29, 0.717) is 16.9 Å². The number of carbonyl (C=O) groups excluding carboxylic acids is 1. The van der Waals surface area contributed by atoms with Gasteiger partial charge in [0.25, 0.3) is 5.91 Å². The maximum atomic E-state index is 13.3. The lowest BCUT2D eigenvalue weighted by Gasteiger charge is -2.38. The minimum atomic E-state index is -3.78. The Morgan fingerprint density at radius 1 is 1.02 bits per heavy atom. The van der Waals surface area contributed by atoms with Crippen LogP contribution in [0.2, 0.25) is 13.1 Å². The molecule has 12 heteroatoms. The number of carboxylic acid groups (broad SMARTS) is 1. The molecule has 45 heavy (non-hydrogen) atoms. The van der Waals surface area contributed by atoms with Crippen molar-refractivity contribution in [1.82, 2.24) is 5.32 Å². The molecule has 3 aromatic rings. The van der Waals surface area contributed by atoms with Crippen molar-refractivity contribution >= 4 is 63.5 Å². The number of allylic oxidation sites excluding steroid dienone is 5. The van der Waals surface area contributed by atoms with Crippen LogP contribution in [0.15, 0.2) is 82.4 Å². The van der Waals surface area contributed by atoms with Crippen molar-refractivity contribution in [3.05, 3.63) is 104 Å². The first kappa shape index (κ1) is 32.3. The number of benzene rings is 2. The molecule has 1 amide bonds. The number of anilines is 1. The lowest BCUT2D eigenvalue weighted by Crippen LogP contribution is -2.49. The molecule has 2 heterocycles. The van der Waals surface area contributed by atoms with Gasteiger partial charge in [-0.15, -0.1) is 11.3 Å². The summed E-state index contributed by atoms with van der Waals surface area (Å²) in [6.07, 6.45) is 6.82. The Morgan fingerprint density at radius 2 is 1.71 bits per heavy atom. The van der Waals surface area contributed by atoms with E-state index in [1.807, 2.05) is 28.2 Å². The van der Waals surface area contributed by atoms with Crippen molar-refractivity contribution in [1.29, 1.82) is 0 Å². The lowest BCUT2D eigenvalue weighted by molar-refractivity contribution is -0.462. The molecule has 9 nitrogen and oxygen atoms in total. The Hall–Kier alpha value is -4.10. The molecule has 0 fully saturated rings. The summed E-state index contributed by atoms with van der Waals surface area (Å²) in [7, 11) is 2.02. The Bertz CT molecular complexity index is 1960. The summed E-state index contributed by atoms with van der Waals surface area (Å²) < 4.78 is 25.1. The number of nitrogens with two attached hydrogens (primary N) is 1. The summed E-state index contributed by atoms with van der Waals surface area (Å²) in [5, 5.41) is 20.8. The van der Waals surface area contributed by atoms with Gasteiger partial charge in [-0.1, -0.05) is 31.3 Å². The fourth-order valence-corrected chi connectivity index (χ4v) is 10.3. The molecule has 2 aliphatic rings. The quantitative estimate of drug-likeness (QED) is 0.250. The number of rotatable bonds is 8. The number of sulfonamides is 1. The zero-order valence-corrected chi connectivity index (χ0v) is 28.8. The number of hydrogen-bond acceptors (Lipinski definition) is 6. The molecule has 0 saturated carbocycles. The van der Waals surface area contributed by atoms with Crippen LogP contribution in [0.1, 0.15) is 36.0 Å². The molecular weight excluding hydrogens is 625 g/mol. The van der Waals surface area contributed by atoms with Crippen LogP contribution in [0.4, 0.5) is 5.69 Å². The molecule has 5 rings (SSSR count). The van der Waals surface area contributed by atoms with Crippen LogP contribution in [0.5, 0.6) is 0 Å². The highest BCUT2D eigenvalue weighted by molar-refractivity contribution is 7.89. The molecule has 0 atom stereocenters. The predicted molar refractivity (Wildman–Crippen MR) is 183 cm³/mol. The number of aromatic carboxylic acids is 1. The molecule has 4 N–H and O–H groups in total. The average Bonchev–Trinajstić information content (AvgIpc) is 3.42. The molecule has 1 aromatic heterocycles. The van der Waals surface area contributed by atoms with Crippen LogP contribution in [0.25, 0.3) is 5.57 Å². The highest BCUT2D eigenvalue weighted by Gasteiger charge is 2.41. The number of nitrogens with one attached hydrogen (secondary N) is 1. The largest absolute Gasteiger partial charge is 0.477 e. The Balaban J connectivity index is 1.55. The number of carbonyl (C=O) groups is 2. The van der Waals surface area contributed by atoms with Gasteiger partial charge in [0.05, 0.1) is 9.77 Å². The standard InChI is InChI=1S/C33H36N4O5S2Si/c1-36(2)21-9-13-24-28(17-21)45(5,6)29-18-22(37(3)4)10-14-25(29)30(24)26-19-27(43-31(26)33(39)40)32(38)35-16-15-20-7-11-23(12-8-20)44(34,41)42/h7-14,17-19H,15-16H2,1-6H3,(H3-,34,35,38,39,40,41,42)/p+1. The van der Waals surface area contributed by atoms with E-state index >= 15 is 0 Å². The molecule has 1 aliphatic heterocycles. The number of primary sulfonamides is 1. The molecular formula is C33H37N4O5S2Si+. The summed E-state index contributed by atoms with van der Waals surface area (Å²) in [5.74, 6) is -1.45. The first-order chi connectivity index (χ1) is 21.1. The second-order valence-corrected chi connectivity index (χ2v) is 19.0. The highest BCUT2D eigenvalue weighted by Crippen LogP contribution is 2.44. The van der Waals surface area contributed by atoms with Crippen molar-refractivity contribution in [2.24, 2.45) is 5.14 Å². The monoisotopic (exact) mass is 661 g/mol. The Kier molecular flexibility index (Phi) is 8.62. The first-order valence-corrected chi connectivity index (χ1v) is 19.7. The van der Waals surface area contributed by atoms with Gasteiger partial charge in [0.2, 0.25) is 10.0 Å². The summed E-state index contributed by atoms with van der Waals surface area (Å²) in [6, 6.07) is 14.2. The summed E-state index contributed by atoms with van der Waals surface area (Å²) >= 11 is 0.967. The van der Waals surface area contributed by atoms with Crippen molar-refractivity contribution in [3.8, 4) is 0 Å². The maximum Gasteiger partial charge on any atom is 0.346 e. The summed E-state index contributed by atoms with van der Waals surface area (Å²) in [4.78, 5) is 28.5. The predicted octanol–water partition coefficient (Wildman–Crippen LogP) is 3.61. The molecule has 0 radical (unpaired) electrons. The zero-order valence-electron chi connectivity index (χ0n) is 26.1.